The molecule has 7 rings (SSSR count). The minimum Gasteiger partial charge on any atom is -0.432 e. The first-order valence-electron chi connectivity index (χ1n) is 17.5. The van der Waals surface area contributed by atoms with E-state index in [1.165, 1.54) is 0 Å². The number of benzene rings is 4. The average Bonchev–Trinajstić information content (AvgIpc) is 3.53. The van der Waals surface area contributed by atoms with E-state index in [2.05, 4.69) is 21.2 Å². The van der Waals surface area contributed by atoms with Crippen LogP contribution in [-0.4, -0.2) is 59.6 Å². The van der Waals surface area contributed by atoms with Crippen LogP contribution in [0.1, 0.15) is 46.0 Å². The fraction of sp³-hybridized carbons (Fsp3) is 0.325. The maximum atomic E-state index is 14.9. The van der Waals surface area contributed by atoms with E-state index in [4.69, 9.17) is 10.5 Å². The summed E-state index contributed by atoms with van der Waals surface area (Å²) in [6, 6.07) is 27.3. The van der Waals surface area contributed by atoms with E-state index < -0.39 is 31.5 Å². The molecular formula is C40H43BrN4O6Si. The Balaban J connectivity index is 1.18. The van der Waals surface area contributed by atoms with Crippen LogP contribution < -0.4 is 16.0 Å². The summed E-state index contributed by atoms with van der Waals surface area (Å²) < 4.78 is 7.72. The number of halogens is 1. The molecule has 3 heterocycles. The Morgan fingerprint density at radius 3 is 2.46 bits per heavy atom. The number of aliphatic hydroxyl groups excluding tert-OH is 1. The normalized spacial score (nSPS) is 23.8. The number of carbonyl (C=O) groups excluding carboxylic acids is 3. The number of nitrogens with two attached hydrogens (primary N) is 1. The van der Waals surface area contributed by atoms with Crippen LogP contribution in [0.2, 0.25) is 18.6 Å². The molecule has 12 heteroatoms. The third-order valence-electron chi connectivity index (χ3n) is 10.9. The van der Waals surface area contributed by atoms with Crippen molar-refractivity contribution < 1.29 is 29.0 Å². The van der Waals surface area contributed by atoms with E-state index in [-0.39, 0.29) is 43.3 Å². The molecule has 1 fully saturated rings. The number of ether oxygens (including phenoxy) is 1. The van der Waals surface area contributed by atoms with Crippen LogP contribution in [0.5, 0.6) is 0 Å². The fourth-order valence-corrected chi connectivity index (χ4v) is 11.4. The van der Waals surface area contributed by atoms with Crippen LogP contribution in [0.15, 0.2) is 95.5 Å². The number of amides is 3. The summed E-state index contributed by atoms with van der Waals surface area (Å²) in [5, 5.41) is 13.2. The van der Waals surface area contributed by atoms with Crippen molar-refractivity contribution in [2.75, 3.05) is 22.6 Å². The van der Waals surface area contributed by atoms with E-state index >= 15 is 0 Å². The van der Waals surface area contributed by atoms with Crippen LogP contribution in [-0.2, 0) is 39.4 Å². The zero-order valence-electron chi connectivity index (χ0n) is 29.4. The van der Waals surface area contributed by atoms with Gasteiger partial charge in [-0.25, -0.2) is 0 Å². The van der Waals surface area contributed by atoms with Crippen LogP contribution in [0.3, 0.4) is 0 Å². The lowest BCUT2D eigenvalue weighted by molar-refractivity contribution is -0.151. The number of nitrogen functional groups attached to an aromatic ring is 1. The number of rotatable bonds is 8. The molecule has 0 unspecified atom stereocenters. The molecule has 5 atom stereocenters. The van der Waals surface area contributed by atoms with Gasteiger partial charge in [0, 0.05) is 45.0 Å². The third kappa shape index (κ3) is 6.47. The Labute approximate surface area is 312 Å². The number of aliphatic hydroxyl groups is 1. The molecule has 4 aromatic carbocycles. The quantitative estimate of drug-likeness (QED) is 0.128. The van der Waals surface area contributed by atoms with Crippen molar-refractivity contribution in [1.82, 2.24) is 4.90 Å². The van der Waals surface area contributed by atoms with E-state index in [1.807, 2.05) is 80.7 Å². The van der Waals surface area contributed by atoms with Crippen LogP contribution in [0.4, 0.5) is 17.1 Å². The number of hydrogen-bond acceptors (Lipinski definition) is 7. The zero-order valence-corrected chi connectivity index (χ0v) is 32.0. The van der Waals surface area contributed by atoms with Gasteiger partial charge in [0.2, 0.25) is 5.91 Å². The summed E-state index contributed by atoms with van der Waals surface area (Å²) in [6.07, 6.45) is -0.207. The molecule has 5 N–H and O–H groups in total. The summed E-state index contributed by atoms with van der Waals surface area (Å²) in [4.78, 5) is 57.2. The molecule has 0 bridgehead atoms. The van der Waals surface area contributed by atoms with E-state index in [9.17, 15) is 24.3 Å². The van der Waals surface area contributed by atoms with Gasteiger partial charge < -0.3 is 35.5 Å². The topological polar surface area (TPSA) is 145 Å². The van der Waals surface area contributed by atoms with Crippen molar-refractivity contribution >= 4 is 59.0 Å². The van der Waals surface area contributed by atoms with Gasteiger partial charge in [0.15, 0.2) is 13.9 Å². The average molecular weight is 784 g/mol. The number of fused-ring (bicyclic) bond motifs is 3. The van der Waals surface area contributed by atoms with E-state index in [0.29, 0.717) is 41.2 Å². The molecule has 0 aliphatic carbocycles. The van der Waals surface area contributed by atoms with Crippen molar-refractivity contribution in [2.45, 2.75) is 69.2 Å². The number of nitrogens with one attached hydrogen (secondary N) is 1. The molecule has 270 valence electrons. The maximum Gasteiger partial charge on any atom is 0.264 e. The van der Waals surface area contributed by atoms with Crippen molar-refractivity contribution in [1.29, 1.82) is 0 Å². The summed E-state index contributed by atoms with van der Waals surface area (Å²) in [7, 11) is -3.03. The third-order valence-corrected chi connectivity index (χ3v) is 13.9. The lowest BCUT2D eigenvalue weighted by Crippen LogP contribution is -2.48. The summed E-state index contributed by atoms with van der Waals surface area (Å²) in [6.45, 7) is 6.04. The second kappa shape index (κ2) is 13.9. The molecule has 0 radical (unpaired) electrons. The van der Waals surface area contributed by atoms with Gasteiger partial charge >= 0.3 is 0 Å². The van der Waals surface area contributed by atoms with Crippen LogP contribution in [0, 0.1) is 5.92 Å². The van der Waals surface area contributed by atoms with Crippen molar-refractivity contribution in [3.63, 3.8) is 0 Å². The highest BCUT2D eigenvalue weighted by Crippen LogP contribution is 2.60. The molecule has 3 amide bonds. The predicted molar refractivity (Wildman–Crippen MR) is 206 cm³/mol. The Kier molecular flexibility index (Phi) is 9.64. The highest BCUT2D eigenvalue weighted by atomic mass is 79.9. The minimum atomic E-state index is -3.03. The van der Waals surface area contributed by atoms with Gasteiger partial charge in [-0.05, 0) is 90.8 Å². The first-order valence-corrected chi connectivity index (χ1v) is 21.4. The van der Waals surface area contributed by atoms with Gasteiger partial charge in [-0.15, -0.1) is 0 Å². The van der Waals surface area contributed by atoms with Gasteiger partial charge in [-0.1, -0.05) is 59.3 Å². The Morgan fingerprint density at radius 1 is 1.02 bits per heavy atom. The number of carbonyl (C=O) groups is 3. The second-order valence-electron chi connectivity index (χ2n) is 14.7. The SMILES string of the molecule is C[C@H]1[C@H]([Si](C)(C)O)[C@@H](CC(=O)N2Cc3ccccc3C[C@H]2CO)O[C@]12C(=O)N(Cc1cccc(NC(=O)c3ccc(N)cc3)c1)c1ccc(Br)cc12. The van der Waals surface area contributed by atoms with Gasteiger partial charge in [-0.3, -0.25) is 14.4 Å². The Hall–Kier alpha value is -4.33. The summed E-state index contributed by atoms with van der Waals surface area (Å²) in [5.74, 6) is -1.18. The molecule has 52 heavy (non-hydrogen) atoms. The van der Waals surface area contributed by atoms with Crippen LogP contribution in [0.25, 0.3) is 0 Å². The maximum absolute atomic E-state index is 14.9. The molecule has 0 aromatic heterocycles. The summed E-state index contributed by atoms with van der Waals surface area (Å²) in [5.41, 5.74) is 9.85. The zero-order chi connectivity index (χ0) is 36.9. The van der Waals surface area contributed by atoms with Gasteiger partial charge in [0.1, 0.15) is 0 Å². The molecule has 1 saturated heterocycles. The fourth-order valence-electron chi connectivity index (χ4n) is 8.51. The van der Waals surface area contributed by atoms with E-state index in [0.717, 1.165) is 21.2 Å². The first-order chi connectivity index (χ1) is 24.8. The highest BCUT2D eigenvalue weighted by Gasteiger charge is 2.66. The van der Waals surface area contributed by atoms with Crippen molar-refractivity contribution in [3.8, 4) is 0 Å². The number of hydrogen-bond donors (Lipinski definition) is 4. The molecular weight excluding hydrogens is 740 g/mol. The predicted octanol–water partition coefficient (Wildman–Crippen LogP) is 5.96. The van der Waals surface area contributed by atoms with Gasteiger partial charge in [0.05, 0.1) is 37.4 Å². The molecule has 4 aromatic rings. The van der Waals surface area contributed by atoms with Crippen molar-refractivity contribution in [3.05, 3.63) is 123 Å². The molecule has 0 saturated carbocycles. The monoisotopic (exact) mass is 782 g/mol. The lowest BCUT2D eigenvalue weighted by Gasteiger charge is -2.37. The first kappa shape index (κ1) is 36.0. The van der Waals surface area contributed by atoms with Crippen molar-refractivity contribution in [2.24, 2.45) is 5.92 Å². The highest BCUT2D eigenvalue weighted by molar-refractivity contribution is 9.10. The Bertz CT molecular complexity index is 2040. The lowest BCUT2D eigenvalue weighted by atomic mass is 9.82. The minimum absolute atomic E-state index is 0.0290. The number of anilines is 3. The summed E-state index contributed by atoms with van der Waals surface area (Å²) >= 11 is 3.61. The van der Waals surface area contributed by atoms with E-state index in [1.54, 1.807) is 40.1 Å². The smallest absolute Gasteiger partial charge is 0.264 e. The molecule has 10 nitrogen and oxygen atoms in total. The largest absolute Gasteiger partial charge is 0.432 e. The molecule has 3 aliphatic rings. The van der Waals surface area contributed by atoms with Gasteiger partial charge in [0.25, 0.3) is 11.8 Å². The standard InChI is InChI=1S/C40H43BrN4O6Si/c1-24-37(52(2,3)50)35(20-36(47)44-22-28-9-5-4-8-27(28)18-32(44)23-46)51-40(24)33-19-29(41)13-16-34(33)45(39(40)49)21-25-7-6-10-31(17-25)43-38(48)26-11-14-30(42)15-12-26/h4-17,19,24,32,35,37,46,50H,18,20-23,42H2,1-3H3,(H,43,48)/t24-,32-,35+,37-,40+/m0/s1. The van der Waals surface area contributed by atoms with Gasteiger partial charge in [-0.2, -0.15) is 0 Å². The van der Waals surface area contributed by atoms with Crippen LogP contribution >= 0.6 is 15.9 Å². The Morgan fingerprint density at radius 2 is 1.75 bits per heavy atom. The molecule has 1 spiro atoms. The molecule has 3 aliphatic heterocycles. The second-order valence-corrected chi connectivity index (χ2v) is 19.6. The number of nitrogens with zero attached hydrogens (tertiary/aromatic N) is 2.